The van der Waals surface area contributed by atoms with Gasteiger partial charge in [-0.05, 0) is 36.4 Å². The molecule has 1 aromatic heterocycles. The number of benzene rings is 2. The number of methoxy groups -OCH3 is 1. The van der Waals surface area contributed by atoms with E-state index >= 15 is 0 Å². The molecule has 0 atom stereocenters. The molecule has 1 N–H and O–H groups in total. The minimum atomic E-state index is -0.453. The fourth-order valence-corrected chi connectivity index (χ4v) is 2.59. The van der Waals surface area contributed by atoms with Crippen molar-refractivity contribution < 1.29 is 18.7 Å². The van der Waals surface area contributed by atoms with Gasteiger partial charge < -0.3 is 9.15 Å². The van der Waals surface area contributed by atoms with E-state index in [4.69, 9.17) is 20.8 Å². The maximum absolute atomic E-state index is 12.0. The Balaban J connectivity index is 1.72. The second-order valence-electron chi connectivity index (χ2n) is 5.45. The standard InChI is InChI=1S/C20H15ClN2O4/c1-26-20(25)17-8-3-2-7-16(17)18-10-9-15(27-18)12-22-23-19(24)13-5-4-6-14(21)11-13/h2-12H,1H3,(H,23,24). The lowest BCUT2D eigenvalue weighted by Gasteiger charge is -2.04. The number of hydrogen-bond donors (Lipinski definition) is 1. The fraction of sp³-hybridized carbons (Fsp3) is 0.0500. The summed E-state index contributed by atoms with van der Waals surface area (Å²) in [6.45, 7) is 0. The van der Waals surface area contributed by atoms with E-state index in [1.54, 1.807) is 60.7 Å². The van der Waals surface area contributed by atoms with Gasteiger partial charge in [0.05, 0.1) is 18.9 Å². The monoisotopic (exact) mass is 382 g/mol. The van der Waals surface area contributed by atoms with Crippen molar-refractivity contribution in [3.63, 3.8) is 0 Å². The van der Waals surface area contributed by atoms with Gasteiger partial charge in [0.15, 0.2) is 0 Å². The van der Waals surface area contributed by atoms with Crippen molar-refractivity contribution >= 4 is 29.7 Å². The van der Waals surface area contributed by atoms with E-state index in [2.05, 4.69) is 10.5 Å². The van der Waals surface area contributed by atoms with Gasteiger partial charge in [-0.25, -0.2) is 10.2 Å². The first kappa shape index (κ1) is 18.4. The van der Waals surface area contributed by atoms with Gasteiger partial charge in [0.1, 0.15) is 11.5 Å². The number of hydrazone groups is 1. The largest absolute Gasteiger partial charge is 0.465 e. The highest BCUT2D eigenvalue weighted by molar-refractivity contribution is 6.30. The zero-order chi connectivity index (χ0) is 19.2. The number of carbonyl (C=O) groups is 2. The van der Waals surface area contributed by atoms with Crippen LogP contribution in [0.15, 0.2) is 70.2 Å². The molecule has 27 heavy (non-hydrogen) atoms. The number of hydrogen-bond acceptors (Lipinski definition) is 5. The van der Waals surface area contributed by atoms with Crippen LogP contribution in [0.3, 0.4) is 0 Å². The highest BCUT2D eigenvalue weighted by atomic mass is 35.5. The minimum Gasteiger partial charge on any atom is -0.465 e. The topological polar surface area (TPSA) is 80.9 Å². The lowest BCUT2D eigenvalue weighted by atomic mass is 10.1. The maximum Gasteiger partial charge on any atom is 0.338 e. The van der Waals surface area contributed by atoms with Gasteiger partial charge in [-0.15, -0.1) is 0 Å². The molecule has 0 unspecified atom stereocenters. The van der Waals surface area contributed by atoms with E-state index in [0.29, 0.717) is 33.2 Å². The van der Waals surface area contributed by atoms with Crippen LogP contribution < -0.4 is 5.43 Å². The molecule has 0 saturated carbocycles. The van der Waals surface area contributed by atoms with Gasteiger partial charge in [0.2, 0.25) is 0 Å². The van der Waals surface area contributed by atoms with Crippen molar-refractivity contribution in [3.8, 4) is 11.3 Å². The van der Waals surface area contributed by atoms with E-state index < -0.39 is 11.9 Å². The van der Waals surface area contributed by atoms with Gasteiger partial charge in [0.25, 0.3) is 5.91 Å². The van der Waals surface area contributed by atoms with Gasteiger partial charge in [0, 0.05) is 16.1 Å². The van der Waals surface area contributed by atoms with Crippen LogP contribution in [0.2, 0.25) is 5.02 Å². The smallest absolute Gasteiger partial charge is 0.338 e. The van der Waals surface area contributed by atoms with Gasteiger partial charge in [-0.3, -0.25) is 4.79 Å². The summed E-state index contributed by atoms with van der Waals surface area (Å²) < 4.78 is 10.5. The summed E-state index contributed by atoms with van der Waals surface area (Å²) in [6.07, 6.45) is 1.37. The molecule has 3 rings (SSSR count). The third-order valence-corrected chi connectivity index (χ3v) is 3.90. The van der Waals surface area contributed by atoms with Crippen molar-refractivity contribution in [1.29, 1.82) is 0 Å². The zero-order valence-corrected chi connectivity index (χ0v) is 15.1. The molecule has 3 aromatic rings. The van der Waals surface area contributed by atoms with E-state index in [-0.39, 0.29) is 0 Å². The summed E-state index contributed by atoms with van der Waals surface area (Å²) in [7, 11) is 1.32. The molecule has 7 heteroatoms. The SMILES string of the molecule is COC(=O)c1ccccc1-c1ccc(C=NNC(=O)c2cccc(Cl)c2)o1. The molecule has 6 nitrogen and oxygen atoms in total. The Bertz CT molecular complexity index is 1010. The lowest BCUT2D eigenvalue weighted by Crippen LogP contribution is -2.17. The maximum atomic E-state index is 12.0. The molecular weight excluding hydrogens is 368 g/mol. The molecule has 0 aliphatic heterocycles. The lowest BCUT2D eigenvalue weighted by molar-refractivity contribution is 0.0601. The predicted molar refractivity (Wildman–Crippen MR) is 102 cm³/mol. The molecule has 1 amide bonds. The Labute approximate surface area is 160 Å². The Morgan fingerprint density at radius 3 is 2.70 bits per heavy atom. The molecule has 0 spiro atoms. The number of carbonyl (C=O) groups excluding carboxylic acids is 2. The van der Waals surface area contributed by atoms with E-state index in [1.165, 1.54) is 13.3 Å². The van der Waals surface area contributed by atoms with Crippen LogP contribution >= 0.6 is 11.6 Å². The summed E-state index contributed by atoms with van der Waals surface area (Å²) in [6, 6.07) is 16.9. The first-order valence-electron chi connectivity index (χ1n) is 7.95. The summed E-state index contributed by atoms with van der Waals surface area (Å²) in [5.74, 6) is 0.0530. The third kappa shape index (κ3) is 4.43. The molecule has 1 heterocycles. The highest BCUT2D eigenvalue weighted by Crippen LogP contribution is 2.26. The van der Waals surface area contributed by atoms with Crippen molar-refractivity contribution in [1.82, 2.24) is 5.43 Å². The number of nitrogens with one attached hydrogen (secondary N) is 1. The minimum absolute atomic E-state index is 0.392. The van der Waals surface area contributed by atoms with Gasteiger partial charge >= 0.3 is 5.97 Å². The molecule has 0 aliphatic carbocycles. The Kier molecular flexibility index (Phi) is 5.68. The van der Waals surface area contributed by atoms with Gasteiger partial charge in [-0.2, -0.15) is 5.10 Å². The molecule has 0 bridgehead atoms. The Morgan fingerprint density at radius 2 is 1.93 bits per heavy atom. The number of esters is 1. The average Bonchev–Trinajstić information content (AvgIpc) is 3.16. The normalized spacial score (nSPS) is 10.7. The van der Waals surface area contributed by atoms with Crippen LogP contribution in [0, 0.1) is 0 Å². The summed E-state index contributed by atoms with van der Waals surface area (Å²) >= 11 is 5.86. The molecule has 0 radical (unpaired) electrons. The zero-order valence-electron chi connectivity index (χ0n) is 14.3. The summed E-state index contributed by atoms with van der Waals surface area (Å²) in [4.78, 5) is 23.9. The molecular formula is C20H15ClN2O4. The highest BCUT2D eigenvalue weighted by Gasteiger charge is 2.15. The van der Waals surface area contributed by atoms with E-state index in [9.17, 15) is 9.59 Å². The quantitative estimate of drug-likeness (QED) is 0.408. The van der Waals surface area contributed by atoms with Crippen LogP contribution in [0.25, 0.3) is 11.3 Å². The fourth-order valence-electron chi connectivity index (χ4n) is 2.40. The van der Waals surface area contributed by atoms with Gasteiger partial charge in [-0.1, -0.05) is 35.9 Å². The Morgan fingerprint density at radius 1 is 1.11 bits per heavy atom. The number of rotatable bonds is 5. The summed E-state index contributed by atoms with van der Waals surface area (Å²) in [5.41, 5.74) is 3.79. The number of ether oxygens (including phenoxy) is 1. The number of halogens is 1. The summed E-state index contributed by atoms with van der Waals surface area (Å²) in [5, 5.41) is 4.34. The molecule has 136 valence electrons. The van der Waals surface area contributed by atoms with Crippen molar-refractivity contribution in [2.75, 3.05) is 7.11 Å². The van der Waals surface area contributed by atoms with Crippen LogP contribution in [0.1, 0.15) is 26.5 Å². The average molecular weight is 383 g/mol. The van der Waals surface area contributed by atoms with E-state index in [1.807, 2.05) is 0 Å². The molecule has 0 aliphatic rings. The molecule has 2 aromatic carbocycles. The molecule has 0 saturated heterocycles. The molecule has 0 fully saturated rings. The van der Waals surface area contributed by atoms with Crippen LogP contribution in [0.4, 0.5) is 0 Å². The van der Waals surface area contributed by atoms with Crippen LogP contribution in [-0.2, 0) is 4.74 Å². The second kappa shape index (κ2) is 8.33. The van der Waals surface area contributed by atoms with E-state index in [0.717, 1.165) is 0 Å². The predicted octanol–water partition coefficient (Wildman–Crippen LogP) is 4.15. The second-order valence-corrected chi connectivity index (χ2v) is 5.89. The number of amides is 1. The number of furan rings is 1. The van der Waals surface area contributed by atoms with Crippen LogP contribution in [0.5, 0.6) is 0 Å². The van der Waals surface area contributed by atoms with Crippen LogP contribution in [-0.4, -0.2) is 25.2 Å². The first-order valence-corrected chi connectivity index (χ1v) is 8.33. The van der Waals surface area contributed by atoms with Crippen molar-refractivity contribution in [3.05, 3.63) is 82.6 Å². The van der Waals surface area contributed by atoms with Crippen molar-refractivity contribution in [2.45, 2.75) is 0 Å². The number of nitrogens with zero attached hydrogens (tertiary/aromatic N) is 1. The van der Waals surface area contributed by atoms with Crippen molar-refractivity contribution in [2.24, 2.45) is 5.10 Å². The third-order valence-electron chi connectivity index (χ3n) is 3.67. The first-order chi connectivity index (χ1) is 13.1. The Hall–Kier alpha value is -3.38.